The molecule has 2 aliphatic rings. The number of carbonyl (C=O) groups is 2. The Balaban J connectivity index is 1.45. The average molecular weight is 480 g/mol. The number of rotatable bonds is 4. The molecule has 0 saturated carbocycles. The van der Waals surface area contributed by atoms with Gasteiger partial charge in [-0.15, -0.1) is 0 Å². The summed E-state index contributed by atoms with van der Waals surface area (Å²) in [5.41, 5.74) is 2.51. The number of amides is 2. The van der Waals surface area contributed by atoms with Crippen molar-refractivity contribution in [2.45, 2.75) is 64.3 Å². The van der Waals surface area contributed by atoms with Gasteiger partial charge >= 0.3 is 6.09 Å². The van der Waals surface area contributed by atoms with E-state index in [1.165, 1.54) is 4.90 Å². The van der Waals surface area contributed by atoms with Gasteiger partial charge in [-0.25, -0.2) is 9.78 Å². The maximum absolute atomic E-state index is 13.3. The predicted octanol–water partition coefficient (Wildman–Crippen LogP) is 3.91. The van der Waals surface area contributed by atoms with Crippen LogP contribution in [0.3, 0.4) is 0 Å². The first-order chi connectivity index (χ1) is 16.6. The third-order valence-electron chi connectivity index (χ3n) is 6.74. The van der Waals surface area contributed by atoms with Crippen LogP contribution >= 0.6 is 0 Å². The second-order valence-electron chi connectivity index (χ2n) is 10.7. The number of piperidine rings is 1. The molecule has 2 aliphatic heterocycles. The summed E-state index contributed by atoms with van der Waals surface area (Å²) in [6.45, 7) is 7.79. The number of benzene rings is 1. The van der Waals surface area contributed by atoms with Crippen LogP contribution in [-0.2, 0) is 22.5 Å². The van der Waals surface area contributed by atoms with Crippen molar-refractivity contribution >= 4 is 23.5 Å². The highest BCUT2D eigenvalue weighted by molar-refractivity contribution is 5.96. The molecule has 1 atom stereocenters. The molecule has 1 N–H and O–H groups in total. The molecule has 2 aromatic rings. The molecule has 4 rings (SSSR count). The average Bonchev–Trinajstić information content (AvgIpc) is 2.82. The fourth-order valence-electron chi connectivity index (χ4n) is 4.77. The van der Waals surface area contributed by atoms with Crippen LogP contribution in [0, 0.1) is 0 Å². The minimum atomic E-state index is -0.675. The van der Waals surface area contributed by atoms with Crippen LogP contribution in [-0.4, -0.2) is 71.7 Å². The molecule has 3 heterocycles. The summed E-state index contributed by atoms with van der Waals surface area (Å²) in [6.07, 6.45) is 3.99. The minimum absolute atomic E-state index is 0.266. The van der Waals surface area contributed by atoms with Crippen molar-refractivity contribution in [1.82, 2.24) is 14.8 Å². The first-order valence-corrected chi connectivity index (χ1v) is 12.4. The Hall–Kier alpha value is -3.13. The molecule has 35 heavy (non-hydrogen) atoms. The smallest absolute Gasteiger partial charge is 0.411 e. The van der Waals surface area contributed by atoms with E-state index < -0.39 is 17.7 Å². The fourth-order valence-corrected chi connectivity index (χ4v) is 4.77. The second kappa shape index (κ2) is 10.2. The Morgan fingerprint density at radius 3 is 2.34 bits per heavy atom. The lowest BCUT2D eigenvalue weighted by Gasteiger charge is -2.37. The molecule has 0 spiro atoms. The Morgan fingerprint density at radius 1 is 1.06 bits per heavy atom. The van der Waals surface area contributed by atoms with Gasteiger partial charge in [0.25, 0.3) is 0 Å². The number of aromatic nitrogens is 1. The molecular formula is C27H37N5O3. The standard InChI is InChI=1S/C27H37N5O3/c1-27(2,3)35-26(34)32-18-20-9-7-6-8-19(20)16-23(32)25(33)29-24-11-10-22(17-28-24)31-14-12-21(13-15-31)30(4)5/h6-11,17,21,23H,12-16,18H2,1-5H3,(H,28,29,33)/t23-/m1/s1. The van der Waals surface area contributed by atoms with Gasteiger partial charge in [-0.2, -0.15) is 0 Å². The van der Waals surface area contributed by atoms with Crippen LogP contribution in [0.4, 0.5) is 16.3 Å². The summed E-state index contributed by atoms with van der Waals surface area (Å²) in [7, 11) is 4.27. The van der Waals surface area contributed by atoms with Crippen molar-refractivity contribution in [2.24, 2.45) is 0 Å². The van der Waals surface area contributed by atoms with E-state index in [1.807, 2.05) is 63.4 Å². The molecule has 1 aromatic carbocycles. The van der Waals surface area contributed by atoms with Crippen LogP contribution in [0.1, 0.15) is 44.7 Å². The molecule has 8 nitrogen and oxygen atoms in total. The first-order valence-electron chi connectivity index (χ1n) is 12.4. The van der Waals surface area contributed by atoms with Crippen molar-refractivity contribution in [1.29, 1.82) is 0 Å². The van der Waals surface area contributed by atoms with Gasteiger partial charge in [0, 0.05) is 25.6 Å². The molecule has 2 amide bonds. The summed E-state index contributed by atoms with van der Waals surface area (Å²) in [6, 6.07) is 11.7. The molecule has 1 aromatic heterocycles. The van der Waals surface area contributed by atoms with Crippen LogP contribution in [0.2, 0.25) is 0 Å². The zero-order chi connectivity index (χ0) is 25.2. The van der Waals surface area contributed by atoms with Gasteiger partial charge in [0.2, 0.25) is 5.91 Å². The lowest BCUT2D eigenvalue weighted by atomic mass is 9.94. The first kappa shape index (κ1) is 25.0. The van der Waals surface area contributed by atoms with Gasteiger partial charge in [0.05, 0.1) is 18.4 Å². The van der Waals surface area contributed by atoms with E-state index in [0.29, 0.717) is 24.8 Å². The maximum atomic E-state index is 13.3. The topological polar surface area (TPSA) is 78.0 Å². The van der Waals surface area contributed by atoms with E-state index in [4.69, 9.17) is 4.74 Å². The van der Waals surface area contributed by atoms with E-state index in [9.17, 15) is 9.59 Å². The Kier molecular flexibility index (Phi) is 7.31. The number of nitrogens with one attached hydrogen (secondary N) is 1. The van der Waals surface area contributed by atoms with Crippen molar-refractivity contribution in [3.63, 3.8) is 0 Å². The maximum Gasteiger partial charge on any atom is 0.411 e. The summed E-state index contributed by atoms with van der Waals surface area (Å²) >= 11 is 0. The number of ether oxygens (including phenoxy) is 1. The number of hydrogen-bond acceptors (Lipinski definition) is 6. The summed E-state index contributed by atoms with van der Waals surface area (Å²) < 4.78 is 5.61. The van der Waals surface area contributed by atoms with E-state index in [0.717, 1.165) is 42.7 Å². The molecule has 0 radical (unpaired) electrons. The van der Waals surface area contributed by atoms with Crippen LogP contribution < -0.4 is 10.2 Å². The van der Waals surface area contributed by atoms with E-state index in [2.05, 4.69) is 34.2 Å². The third kappa shape index (κ3) is 6.11. The van der Waals surface area contributed by atoms with Gasteiger partial charge in [0.1, 0.15) is 17.5 Å². The van der Waals surface area contributed by atoms with Gasteiger partial charge in [-0.05, 0) is 71.0 Å². The highest BCUT2D eigenvalue weighted by Crippen LogP contribution is 2.27. The summed E-state index contributed by atoms with van der Waals surface area (Å²) in [4.78, 5) is 36.9. The zero-order valence-electron chi connectivity index (χ0n) is 21.5. The molecule has 1 saturated heterocycles. The van der Waals surface area contributed by atoms with Gasteiger partial charge < -0.3 is 19.9 Å². The molecule has 0 aliphatic carbocycles. The van der Waals surface area contributed by atoms with Crippen LogP contribution in [0.25, 0.3) is 0 Å². The number of hydrogen-bond donors (Lipinski definition) is 1. The number of fused-ring (bicyclic) bond motifs is 1. The Morgan fingerprint density at radius 2 is 1.74 bits per heavy atom. The Labute approximate surface area is 208 Å². The van der Waals surface area contributed by atoms with Crippen LogP contribution in [0.5, 0.6) is 0 Å². The minimum Gasteiger partial charge on any atom is -0.444 e. The Bertz CT molecular complexity index is 1040. The lowest BCUT2D eigenvalue weighted by Crippen LogP contribution is -2.52. The summed E-state index contributed by atoms with van der Waals surface area (Å²) in [5.74, 6) is 0.210. The molecule has 0 bridgehead atoms. The molecule has 0 unspecified atom stereocenters. The van der Waals surface area contributed by atoms with Gasteiger partial charge in [0.15, 0.2) is 0 Å². The highest BCUT2D eigenvalue weighted by atomic mass is 16.6. The van der Waals surface area contributed by atoms with E-state index >= 15 is 0 Å². The van der Waals surface area contributed by atoms with E-state index in [1.54, 1.807) is 0 Å². The van der Waals surface area contributed by atoms with Crippen LogP contribution in [0.15, 0.2) is 42.6 Å². The molecule has 1 fully saturated rings. The third-order valence-corrected chi connectivity index (χ3v) is 6.74. The SMILES string of the molecule is CN(C)C1CCN(c2ccc(NC(=O)[C@H]3Cc4ccccc4CN3C(=O)OC(C)(C)C)nc2)CC1. The molecule has 188 valence electrons. The number of anilines is 2. The lowest BCUT2D eigenvalue weighted by molar-refractivity contribution is -0.121. The van der Waals surface area contributed by atoms with Crippen molar-refractivity contribution in [3.05, 3.63) is 53.7 Å². The monoisotopic (exact) mass is 479 g/mol. The second-order valence-corrected chi connectivity index (χ2v) is 10.7. The summed E-state index contributed by atoms with van der Waals surface area (Å²) in [5, 5.41) is 2.92. The number of nitrogens with zero attached hydrogens (tertiary/aromatic N) is 4. The van der Waals surface area contributed by atoms with Crippen molar-refractivity contribution in [3.8, 4) is 0 Å². The van der Waals surface area contributed by atoms with E-state index in [-0.39, 0.29) is 5.91 Å². The highest BCUT2D eigenvalue weighted by Gasteiger charge is 2.37. The van der Waals surface area contributed by atoms with Crippen molar-refractivity contribution < 1.29 is 14.3 Å². The zero-order valence-corrected chi connectivity index (χ0v) is 21.5. The fraction of sp³-hybridized carbons (Fsp3) is 0.519. The number of carbonyl (C=O) groups excluding carboxylic acids is 2. The van der Waals surface area contributed by atoms with Crippen molar-refractivity contribution in [2.75, 3.05) is 37.4 Å². The largest absolute Gasteiger partial charge is 0.444 e. The predicted molar refractivity (Wildman–Crippen MR) is 137 cm³/mol. The quantitative estimate of drug-likeness (QED) is 0.716. The van der Waals surface area contributed by atoms with Gasteiger partial charge in [-0.1, -0.05) is 24.3 Å². The molecular weight excluding hydrogens is 442 g/mol. The molecule has 8 heteroatoms. The number of pyridine rings is 1. The normalized spacial score (nSPS) is 18.9. The van der Waals surface area contributed by atoms with Gasteiger partial charge in [-0.3, -0.25) is 9.69 Å².